The highest BCUT2D eigenvalue weighted by atomic mass is 35.5. The van der Waals surface area contributed by atoms with Crippen molar-refractivity contribution >= 4 is 46.2 Å². The van der Waals surface area contributed by atoms with Crippen molar-refractivity contribution in [2.24, 2.45) is 5.84 Å². The maximum atomic E-state index is 6.12. The van der Waals surface area contributed by atoms with Gasteiger partial charge >= 0.3 is 0 Å². The highest BCUT2D eigenvalue weighted by Crippen LogP contribution is 2.31. The summed E-state index contributed by atoms with van der Waals surface area (Å²) in [5, 5.41) is 2.83. The molecule has 0 aliphatic carbocycles. The third-order valence-corrected chi connectivity index (χ3v) is 3.49. The quantitative estimate of drug-likeness (QED) is 0.671. The highest BCUT2D eigenvalue weighted by Gasteiger charge is 2.13. The largest absolute Gasteiger partial charge is 0.352 e. The Morgan fingerprint density at radius 3 is 2.83 bits per heavy atom. The molecule has 96 valence electrons. The summed E-state index contributed by atoms with van der Waals surface area (Å²) in [6.07, 6.45) is 0. The van der Waals surface area contributed by atoms with Gasteiger partial charge in [-0.3, -0.25) is 0 Å². The number of thiazole rings is 1. The summed E-state index contributed by atoms with van der Waals surface area (Å²) in [7, 11) is 1.88. The lowest BCUT2D eigenvalue weighted by Gasteiger charge is -2.19. The molecule has 0 aliphatic rings. The monoisotopic (exact) mass is 303 g/mol. The molecule has 0 aromatic carbocycles. The number of halogens is 2. The number of nitrogens with one attached hydrogen (secondary N) is 1. The van der Waals surface area contributed by atoms with Crippen molar-refractivity contribution in [3.8, 4) is 0 Å². The van der Waals surface area contributed by atoms with E-state index >= 15 is 0 Å². The molecule has 2 aromatic rings. The Labute approximate surface area is 119 Å². The molecule has 0 bridgehead atoms. The smallest absolute Gasteiger partial charge is 0.161 e. The Morgan fingerprint density at radius 2 is 2.22 bits per heavy atom. The molecule has 0 unspecified atom stereocenters. The Bertz CT molecular complexity index is 531. The molecule has 0 aliphatic heterocycles. The van der Waals surface area contributed by atoms with Crippen molar-refractivity contribution in [1.29, 1.82) is 0 Å². The molecule has 18 heavy (non-hydrogen) atoms. The van der Waals surface area contributed by atoms with Crippen molar-refractivity contribution in [1.82, 2.24) is 9.97 Å². The summed E-state index contributed by atoms with van der Waals surface area (Å²) in [6.45, 7) is 0.613. The lowest BCUT2D eigenvalue weighted by atomic mass is 10.4. The van der Waals surface area contributed by atoms with Crippen LogP contribution in [0.4, 0.5) is 11.6 Å². The predicted molar refractivity (Wildman–Crippen MR) is 76.3 cm³/mol. The van der Waals surface area contributed by atoms with E-state index in [-0.39, 0.29) is 0 Å². The molecule has 2 aromatic heterocycles. The molecule has 0 amide bonds. The van der Waals surface area contributed by atoms with Crippen molar-refractivity contribution < 1.29 is 0 Å². The molecule has 0 radical (unpaired) electrons. The molecule has 2 rings (SSSR count). The van der Waals surface area contributed by atoms with E-state index in [1.807, 2.05) is 17.3 Å². The van der Waals surface area contributed by atoms with Crippen molar-refractivity contribution in [3.63, 3.8) is 0 Å². The van der Waals surface area contributed by atoms with Gasteiger partial charge in [-0.15, -0.1) is 11.3 Å². The number of hydrazine groups is 1. The first-order valence-corrected chi connectivity index (χ1v) is 6.72. The number of nitrogen functional groups attached to an aromatic ring is 1. The van der Waals surface area contributed by atoms with Crippen molar-refractivity contribution in [2.75, 3.05) is 17.4 Å². The average Bonchev–Trinajstić information content (AvgIpc) is 2.81. The summed E-state index contributed by atoms with van der Waals surface area (Å²) in [4.78, 5) is 10.4. The second-order valence-electron chi connectivity index (χ2n) is 3.60. The fraction of sp³-hybridized carbons (Fsp3) is 0.200. The SMILES string of the molecule is CN(Cc1cscn1)c1nc(NN)c(Cl)cc1Cl. The number of pyridine rings is 1. The summed E-state index contributed by atoms with van der Waals surface area (Å²) in [5.74, 6) is 6.33. The normalized spacial score (nSPS) is 10.4. The van der Waals surface area contributed by atoms with Crippen LogP contribution < -0.4 is 16.2 Å². The first-order chi connectivity index (χ1) is 8.61. The maximum Gasteiger partial charge on any atom is 0.161 e. The number of hydrogen-bond donors (Lipinski definition) is 2. The lowest BCUT2D eigenvalue weighted by molar-refractivity contribution is 0.874. The van der Waals surface area contributed by atoms with Gasteiger partial charge < -0.3 is 10.3 Å². The second-order valence-corrected chi connectivity index (χ2v) is 5.14. The van der Waals surface area contributed by atoms with E-state index < -0.39 is 0 Å². The van der Waals surface area contributed by atoms with E-state index in [4.69, 9.17) is 29.0 Å². The van der Waals surface area contributed by atoms with Crippen LogP contribution in [0.2, 0.25) is 10.0 Å². The van der Waals surface area contributed by atoms with E-state index in [9.17, 15) is 0 Å². The Morgan fingerprint density at radius 1 is 1.44 bits per heavy atom. The standard InChI is InChI=1S/C10H11Cl2N5S/c1-17(3-6-4-18-5-14-6)10-8(12)2-7(11)9(15-10)16-13/h2,4-5H,3,13H2,1H3,(H,15,16). The fourth-order valence-corrected chi connectivity index (χ4v) is 2.57. The fourth-order valence-electron chi connectivity index (χ4n) is 1.46. The zero-order chi connectivity index (χ0) is 13.1. The molecule has 0 saturated heterocycles. The van der Waals surface area contributed by atoms with Gasteiger partial charge in [-0.05, 0) is 6.07 Å². The van der Waals surface area contributed by atoms with Crippen LogP contribution in [0.1, 0.15) is 5.69 Å². The van der Waals surface area contributed by atoms with Gasteiger partial charge in [0.05, 0.1) is 27.8 Å². The van der Waals surface area contributed by atoms with E-state index in [2.05, 4.69) is 15.4 Å². The van der Waals surface area contributed by atoms with Gasteiger partial charge in [0, 0.05) is 12.4 Å². The number of rotatable bonds is 4. The zero-order valence-electron chi connectivity index (χ0n) is 9.52. The topological polar surface area (TPSA) is 67.1 Å². The molecule has 0 fully saturated rings. The Balaban J connectivity index is 2.26. The van der Waals surface area contributed by atoms with Crippen LogP contribution in [0.15, 0.2) is 17.0 Å². The van der Waals surface area contributed by atoms with Gasteiger partial charge in [0.15, 0.2) is 5.82 Å². The first-order valence-electron chi connectivity index (χ1n) is 5.02. The molecular formula is C10H11Cl2N5S. The zero-order valence-corrected chi connectivity index (χ0v) is 11.9. The summed E-state index contributed by atoms with van der Waals surface area (Å²) >= 11 is 13.6. The van der Waals surface area contributed by atoms with E-state index in [0.29, 0.717) is 28.2 Å². The third kappa shape index (κ3) is 2.84. The van der Waals surface area contributed by atoms with Crippen LogP contribution in [0.25, 0.3) is 0 Å². The van der Waals surface area contributed by atoms with E-state index in [1.165, 1.54) is 0 Å². The van der Waals surface area contributed by atoms with Crippen LogP contribution in [-0.2, 0) is 6.54 Å². The van der Waals surface area contributed by atoms with Crippen LogP contribution >= 0.6 is 34.5 Å². The van der Waals surface area contributed by atoms with Gasteiger partial charge in [0.1, 0.15) is 5.82 Å². The number of anilines is 2. The Kier molecular flexibility index (Phi) is 4.23. The van der Waals surface area contributed by atoms with Gasteiger partial charge in [-0.1, -0.05) is 23.2 Å². The van der Waals surface area contributed by atoms with Crippen LogP contribution in [0, 0.1) is 0 Å². The number of hydrogen-bond acceptors (Lipinski definition) is 6. The van der Waals surface area contributed by atoms with Crippen LogP contribution in [0.3, 0.4) is 0 Å². The third-order valence-electron chi connectivity index (χ3n) is 2.29. The highest BCUT2D eigenvalue weighted by molar-refractivity contribution is 7.07. The molecule has 2 heterocycles. The number of aromatic nitrogens is 2. The predicted octanol–water partition coefficient (Wildman–Crippen LogP) is 2.77. The molecule has 8 heteroatoms. The summed E-state index contributed by atoms with van der Waals surface area (Å²) < 4.78 is 0. The van der Waals surface area contributed by atoms with Crippen molar-refractivity contribution in [2.45, 2.75) is 6.54 Å². The molecule has 5 nitrogen and oxygen atoms in total. The van der Waals surface area contributed by atoms with Gasteiger partial charge in [0.25, 0.3) is 0 Å². The summed E-state index contributed by atoms with van der Waals surface area (Å²) in [6, 6.07) is 1.61. The van der Waals surface area contributed by atoms with Crippen LogP contribution in [-0.4, -0.2) is 17.0 Å². The average molecular weight is 304 g/mol. The molecule has 0 atom stereocenters. The van der Waals surface area contributed by atoms with E-state index in [1.54, 1.807) is 22.9 Å². The minimum absolute atomic E-state index is 0.383. The van der Waals surface area contributed by atoms with Crippen LogP contribution in [0.5, 0.6) is 0 Å². The Hall–Kier alpha value is -1.08. The number of nitrogens with two attached hydrogens (primary N) is 1. The van der Waals surface area contributed by atoms with E-state index in [0.717, 1.165) is 5.69 Å². The maximum absolute atomic E-state index is 6.12. The van der Waals surface area contributed by atoms with Gasteiger partial charge in [0.2, 0.25) is 0 Å². The molecule has 0 spiro atoms. The first kappa shape index (κ1) is 13.4. The molecule has 0 saturated carbocycles. The minimum atomic E-state index is 0.383. The summed E-state index contributed by atoms with van der Waals surface area (Å²) in [5.41, 5.74) is 5.18. The van der Waals surface area contributed by atoms with Gasteiger partial charge in [-0.2, -0.15) is 0 Å². The van der Waals surface area contributed by atoms with Gasteiger partial charge in [-0.25, -0.2) is 15.8 Å². The van der Waals surface area contributed by atoms with Crippen molar-refractivity contribution in [3.05, 3.63) is 32.7 Å². The minimum Gasteiger partial charge on any atom is -0.352 e. The number of nitrogens with zero attached hydrogens (tertiary/aromatic N) is 3. The molecule has 3 N–H and O–H groups in total. The second kappa shape index (κ2) is 5.71. The molecular weight excluding hydrogens is 293 g/mol. The lowest BCUT2D eigenvalue weighted by Crippen LogP contribution is -2.19.